The smallest absolute Gasteiger partial charge is 0.160 e. The van der Waals surface area contributed by atoms with Gasteiger partial charge in [-0.25, -0.2) is 0 Å². The number of aromatic hydroxyl groups is 2. The van der Waals surface area contributed by atoms with E-state index in [0.717, 1.165) is 5.56 Å². The largest absolute Gasteiger partial charge is 0.507 e. The summed E-state index contributed by atoms with van der Waals surface area (Å²) in [6, 6.07) is 6.51. The zero-order valence-corrected chi connectivity index (χ0v) is 12.7. The van der Waals surface area contributed by atoms with Crippen molar-refractivity contribution in [2.45, 2.75) is 13.3 Å². The molecule has 0 amide bonds. The Labute approximate surface area is 128 Å². The van der Waals surface area contributed by atoms with Crippen LogP contribution in [0.2, 0.25) is 0 Å². The van der Waals surface area contributed by atoms with E-state index in [4.69, 9.17) is 9.47 Å². The number of aryl methyl sites for hydroxylation is 1. The molecule has 2 aromatic rings. The van der Waals surface area contributed by atoms with Crippen molar-refractivity contribution in [3.63, 3.8) is 0 Å². The Kier molecular flexibility index (Phi) is 4.56. The molecule has 5 nitrogen and oxygen atoms in total. The minimum absolute atomic E-state index is 0.0419. The maximum Gasteiger partial charge on any atom is 0.160 e. The molecule has 0 aliphatic rings. The summed E-state index contributed by atoms with van der Waals surface area (Å²) in [4.78, 5) is 11.2. The van der Waals surface area contributed by atoms with Crippen LogP contribution < -0.4 is 9.47 Å². The van der Waals surface area contributed by atoms with Gasteiger partial charge in [0.25, 0.3) is 0 Å². The van der Waals surface area contributed by atoms with E-state index in [1.54, 1.807) is 25.1 Å². The summed E-state index contributed by atoms with van der Waals surface area (Å²) in [6.07, 6.45) is 1.04. The Morgan fingerprint density at radius 1 is 1.14 bits per heavy atom. The molecule has 0 saturated carbocycles. The van der Waals surface area contributed by atoms with Crippen LogP contribution in [0.1, 0.15) is 27.0 Å². The Morgan fingerprint density at radius 3 is 2.45 bits per heavy atom. The molecule has 2 aromatic carbocycles. The van der Waals surface area contributed by atoms with Gasteiger partial charge < -0.3 is 19.7 Å². The number of phenols is 2. The molecule has 0 atom stereocenters. The van der Waals surface area contributed by atoms with Crippen molar-refractivity contribution in [3.05, 3.63) is 46.5 Å². The van der Waals surface area contributed by atoms with Crippen LogP contribution >= 0.6 is 0 Å². The van der Waals surface area contributed by atoms with Gasteiger partial charge in [-0.05, 0) is 36.2 Å². The molecule has 0 spiro atoms. The van der Waals surface area contributed by atoms with E-state index in [1.165, 1.54) is 20.3 Å². The SMILES string of the molecule is COc1cc(Cc2c(O)c(C)cc(C=O)c2OC)ccc1O. The molecule has 0 unspecified atom stereocenters. The summed E-state index contributed by atoms with van der Waals surface area (Å²) in [7, 11) is 2.92. The molecule has 116 valence electrons. The van der Waals surface area contributed by atoms with Crippen molar-refractivity contribution in [2.24, 2.45) is 0 Å². The second kappa shape index (κ2) is 6.39. The van der Waals surface area contributed by atoms with Gasteiger partial charge in [-0.15, -0.1) is 0 Å². The number of benzene rings is 2. The van der Waals surface area contributed by atoms with Gasteiger partial charge >= 0.3 is 0 Å². The number of phenolic OH excluding ortho intramolecular Hbond substituents is 2. The fourth-order valence-electron chi connectivity index (χ4n) is 2.42. The molecule has 0 aliphatic heterocycles. The minimum Gasteiger partial charge on any atom is -0.507 e. The second-order valence-corrected chi connectivity index (χ2v) is 4.94. The first-order valence-corrected chi connectivity index (χ1v) is 6.72. The number of hydrogen-bond donors (Lipinski definition) is 2. The van der Waals surface area contributed by atoms with Gasteiger partial charge in [0.05, 0.1) is 19.8 Å². The highest BCUT2D eigenvalue weighted by molar-refractivity contribution is 5.82. The lowest BCUT2D eigenvalue weighted by atomic mass is 9.97. The highest BCUT2D eigenvalue weighted by atomic mass is 16.5. The molecule has 0 saturated heterocycles. The van der Waals surface area contributed by atoms with Gasteiger partial charge in [0.1, 0.15) is 11.5 Å². The van der Waals surface area contributed by atoms with E-state index in [2.05, 4.69) is 0 Å². The summed E-state index contributed by atoms with van der Waals surface area (Å²) >= 11 is 0. The van der Waals surface area contributed by atoms with Gasteiger partial charge in [0.2, 0.25) is 0 Å². The van der Waals surface area contributed by atoms with E-state index < -0.39 is 0 Å². The highest BCUT2D eigenvalue weighted by Gasteiger charge is 2.17. The molecule has 22 heavy (non-hydrogen) atoms. The van der Waals surface area contributed by atoms with Crippen LogP contribution in [0.15, 0.2) is 24.3 Å². The summed E-state index contributed by atoms with van der Waals surface area (Å²) in [5, 5.41) is 19.9. The normalized spacial score (nSPS) is 10.3. The number of rotatable bonds is 5. The number of ether oxygens (including phenoxy) is 2. The number of hydrogen-bond acceptors (Lipinski definition) is 5. The lowest BCUT2D eigenvalue weighted by molar-refractivity contribution is 0.112. The Hall–Kier alpha value is -2.69. The molecule has 2 rings (SSSR count). The van der Waals surface area contributed by atoms with Crippen molar-refractivity contribution >= 4 is 6.29 Å². The topological polar surface area (TPSA) is 76.0 Å². The van der Waals surface area contributed by atoms with Crippen LogP contribution in [0.4, 0.5) is 0 Å². The molecular weight excluding hydrogens is 284 g/mol. The van der Waals surface area contributed by atoms with Gasteiger partial charge in [-0.2, -0.15) is 0 Å². The van der Waals surface area contributed by atoms with Crippen molar-refractivity contribution in [2.75, 3.05) is 14.2 Å². The molecule has 0 aliphatic carbocycles. The van der Waals surface area contributed by atoms with Crippen molar-refractivity contribution in [3.8, 4) is 23.0 Å². The quantitative estimate of drug-likeness (QED) is 0.831. The molecule has 2 N–H and O–H groups in total. The highest BCUT2D eigenvalue weighted by Crippen LogP contribution is 2.37. The van der Waals surface area contributed by atoms with E-state index in [1.807, 2.05) is 0 Å². The van der Waals surface area contributed by atoms with Crippen LogP contribution in [0.25, 0.3) is 0 Å². The molecule has 0 fully saturated rings. The van der Waals surface area contributed by atoms with Crippen molar-refractivity contribution < 1.29 is 24.5 Å². The van der Waals surface area contributed by atoms with Crippen molar-refractivity contribution in [1.82, 2.24) is 0 Å². The second-order valence-electron chi connectivity index (χ2n) is 4.94. The van der Waals surface area contributed by atoms with Gasteiger partial charge in [0.15, 0.2) is 17.8 Å². The summed E-state index contributed by atoms with van der Waals surface area (Å²) in [5.74, 6) is 0.833. The fourth-order valence-corrected chi connectivity index (χ4v) is 2.42. The first kappa shape index (κ1) is 15.7. The first-order valence-electron chi connectivity index (χ1n) is 6.72. The maximum atomic E-state index is 11.2. The van der Waals surface area contributed by atoms with Crippen LogP contribution in [0.3, 0.4) is 0 Å². The summed E-state index contributed by atoms with van der Waals surface area (Å²) in [6.45, 7) is 1.72. The summed E-state index contributed by atoms with van der Waals surface area (Å²) < 4.78 is 10.4. The van der Waals surface area contributed by atoms with Crippen LogP contribution in [-0.4, -0.2) is 30.7 Å². The van der Waals surface area contributed by atoms with Crippen LogP contribution in [0, 0.1) is 6.92 Å². The lowest BCUT2D eigenvalue weighted by Crippen LogP contribution is -2.00. The molecule has 0 bridgehead atoms. The molecule has 0 aromatic heterocycles. The number of carbonyl (C=O) groups excluding carboxylic acids is 1. The van der Waals surface area contributed by atoms with Crippen LogP contribution in [-0.2, 0) is 6.42 Å². The van der Waals surface area contributed by atoms with Crippen molar-refractivity contribution in [1.29, 1.82) is 0 Å². The monoisotopic (exact) mass is 302 g/mol. The van der Waals surface area contributed by atoms with E-state index in [9.17, 15) is 15.0 Å². The molecule has 0 radical (unpaired) electrons. The first-order chi connectivity index (χ1) is 10.5. The van der Waals surface area contributed by atoms with E-state index >= 15 is 0 Å². The zero-order valence-electron chi connectivity index (χ0n) is 12.7. The third kappa shape index (κ3) is 2.83. The molecule has 5 heteroatoms. The van der Waals surface area contributed by atoms with E-state index in [-0.39, 0.29) is 11.5 Å². The average molecular weight is 302 g/mol. The predicted molar refractivity (Wildman–Crippen MR) is 82.2 cm³/mol. The Bertz CT molecular complexity index is 707. The van der Waals surface area contributed by atoms with Crippen LogP contribution in [0.5, 0.6) is 23.0 Å². The molecule has 0 heterocycles. The third-order valence-corrected chi connectivity index (χ3v) is 3.52. The predicted octanol–water partition coefficient (Wildman–Crippen LogP) is 2.83. The van der Waals surface area contributed by atoms with Gasteiger partial charge in [-0.3, -0.25) is 4.79 Å². The Balaban J connectivity index is 2.53. The average Bonchev–Trinajstić information content (AvgIpc) is 2.53. The number of carbonyl (C=O) groups is 1. The third-order valence-electron chi connectivity index (χ3n) is 3.52. The Morgan fingerprint density at radius 2 is 1.86 bits per heavy atom. The standard InChI is InChI=1S/C17H18O5/c1-10-6-12(9-18)17(22-3)13(16(10)20)7-11-4-5-14(19)15(8-11)21-2/h4-6,8-9,19-20H,7H2,1-3H3. The number of aldehydes is 1. The van der Waals surface area contributed by atoms with Gasteiger partial charge in [-0.1, -0.05) is 6.07 Å². The maximum absolute atomic E-state index is 11.2. The zero-order chi connectivity index (χ0) is 16.3. The fraction of sp³-hybridized carbons (Fsp3) is 0.235. The molecular formula is C17H18O5. The van der Waals surface area contributed by atoms with Gasteiger partial charge in [0, 0.05) is 12.0 Å². The lowest BCUT2D eigenvalue weighted by Gasteiger charge is -2.15. The number of methoxy groups -OCH3 is 2. The summed E-state index contributed by atoms with van der Waals surface area (Å²) in [5.41, 5.74) is 2.32. The van der Waals surface area contributed by atoms with E-state index in [0.29, 0.717) is 40.9 Å². The minimum atomic E-state index is 0.0419.